The fraction of sp³-hybridized carbons (Fsp3) is 0.111. The third-order valence-corrected chi connectivity index (χ3v) is 3.79. The number of nitrogens with zero attached hydrogens (tertiary/aromatic N) is 1. The van der Waals surface area contributed by atoms with Gasteiger partial charge in [0, 0.05) is 35.8 Å². The Morgan fingerprint density at radius 2 is 2.00 bits per heavy atom. The number of amides is 1. The van der Waals surface area contributed by atoms with Gasteiger partial charge >= 0.3 is 5.97 Å². The molecule has 3 aromatic rings. The van der Waals surface area contributed by atoms with E-state index in [1.165, 1.54) is 18.5 Å². The topological polar surface area (TPSA) is 112 Å². The molecular formula is C18H15N3O4. The summed E-state index contributed by atoms with van der Waals surface area (Å²) in [4.78, 5) is 42.1. The van der Waals surface area contributed by atoms with Gasteiger partial charge in [-0.05, 0) is 23.8 Å². The molecule has 3 rings (SSSR count). The van der Waals surface area contributed by atoms with Gasteiger partial charge in [0.1, 0.15) is 6.04 Å². The Morgan fingerprint density at radius 3 is 2.72 bits per heavy atom. The van der Waals surface area contributed by atoms with Gasteiger partial charge in [-0.15, -0.1) is 0 Å². The molecular weight excluding hydrogens is 322 g/mol. The summed E-state index contributed by atoms with van der Waals surface area (Å²) in [6, 6.07) is 10.4. The molecule has 1 atom stereocenters. The highest BCUT2D eigenvalue weighted by Gasteiger charge is 2.22. The molecule has 0 aliphatic rings. The molecule has 0 bridgehead atoms. The molecule has 1 amide bonds. The van der Waals surface area contributed by atoms with E-state index in [9.17, 15) is 19.5 Å². The lowest BCUT2D eigenvalue weighted by Gasteiger charge is -2.15. The van der Waals surface area contributed by atoms with E-state index in [-0.39, 0.29) is 17.5 Å². The van der Waals surface area contributed by atoms with Gasteiger partial charge < -0.3 is 15.4 Å². The van der Waals surface area contributed by atoms with E-state index in [4.69, 9.17) is 0 Å². The van der Waals surface area contributed by atoms with E-state index in [0.717, 1.165) is 5.39 Å². The van der Waals surface area contributed by atoms with Crippen molar-refractivity contribution in [3.63, 3.8) is 0 Å². The molecule has 0 spiro atoms. The highest BCUT2D eigenvalue weighted by molar-refractivity contribution is 5.96. The summed E-state index contributed by atoms with van der Waals surface area (Å²) >= 11 is 0. The predicted octanol–water partition coefficient (Wildman–Crippen LogP) is 1.35. The minimum absolute atomic E-state index is 0.00817. The SMILES string of the molecule is O=C(NC(Cc1cc(=O)[nH]c2ccccc12)C(=O)O)c1cccnc1. The molecule has 0 radical (unpaired) electrons. The van der Waals surface area contributed by atoms with Gasteiger partial charge in [-0.2, -0.15) is 0 Å². The maximum atomic E-state index is 12.2. The van der Waals surface area contributed by atoms with Crippen molar-refractivity contribution in [2.45, 2.75) is 12.5 Å². The number of carboxylic acids is 1. The number of fused-ring (bicyclic) bond motifs is 1. The number of aromatic nitrogens is 2. The Labute approximate surface area is 142 Å². The summed E-state index contributed by atoms with van der Waals surface area (Å²) in [7, 11) is 0. The number of benzene rings is 1. The molecule has 7 nitrogen and oxygen atoms in total. The van der Waals surface area contributed by atoms with E-state index in [2.05, 4.69) is 15.3 Å². The van der Waals surface area contributed by atoms with Crippen molar-refractivity contribution in [3.8, 4) is 0 Å². The molecule has 0 aliphatic carbocycles. The monoisotopic (exact) mass is 337 g/mol. The van der Waals surface area contributed by atoms with E-state index in [1.54, 1.807) is 36.4 Å². The number of pyridine rings is 2. The Kier molecular flexibility index (Phi) is 4.56. The van der Waals surface area contributed by atoms with Crippen LogP contribution in [0.15, 0.2) is 59.7 Å². The molecule has 7 heteroatoms. The minimum atomic E-state index is -1.18. The zero-order chi connectivity index (χ0) is 17.8. The van der Waals surface area contributed by atoms with E-state index >= 15 is 0 Å². The van der Waals surface area contributed by atoms with Gasteiger partial charge in [-0.25, -0.2) is 4.79 Å². The zero-order valence-electron chi connectivity index (χ0n) is 13.1. The summed E-state index contributed by atoms with van der Waals surface area (Å²) in [5.74, 6) is -1.71. The normalized spacial score (nSPS) is 11.8. The predicted molar refractivity (Wildman–Crippen MR) is 91.4 cm³/mol. The van der Waals surface area contributed by atoms with Gasteiger partial charge in [0.15, 0.2) is 0 Å². The summed E-state index contributed by atoms with van der Waals surface area (Å²) in [5, 5.41) is 12.7. The van der Waals surface area contributed by atoms with Gasteiger partial charge in [0.05, 0.1) is 5.56 Å². The number of carboxylic acid groups (broad SMARTS) is 1. The van der Waals surface area contributed by atoms with Crippen LogP contribution in [-0.2, 0) is 11.2 Å². The summed E-state index contributed by atoms with van der Waals surface area (Å²) in [6.45, 7) is 0. The van der Waals surface area contributed by atoms with Crippen LogP contribution >= 0.6 is 0 Å². The quantitative estimate of drug-likeness (QED) is 0.650. The van der Waals surface area contributed by atoms with Crippen LogP contribution < -0.4 is 10.9 Å². The van der Waals surface area contributed by atoms with Crippen LogP contribution in [-0.4, -0.2) is 33.0 Å². The van der Waals surface area contributed by atoms with Gasteiger partial charge in [-0.3, -0.25) is 14.6 Å². The van der Waals surface area contributed by atoms with Crippen LogP contribution in [0.5, 0.6) is 0 Å². The first kappa shape index (κ1) is 16.4. The van der Waals surface area contributed by atoms with Gasteiger partial charge in [-0.1, -0.05) is 18.2 Å². The number of H-pyrrole nitrogens is 1. The van der Waals surface area contributed by atoms with E-state index in [1.807, 2.05) is 0 Å². The Morgan fingerprint density at radius 1 is 1.20 bits per heavy atom. The van der Waals surface area contributed by atoms with Crippen LogP contribution in [0.25, 0.3) is 10.9 Å². The second kappa shape index (κ2) is 6.96. The highest BCUT2D eigenvalue weighted by Crippen LogP contribution is 2.16. The third-order valence-electron chi connectivity index (χ3n) is 3.79. The third kappa shape index (κ3) is 3.72. The second-order valence-electron chi connectivity index (χ2n) is 5.51. The standard InChI is InChI=1S/C18H15N3O4/c22-16-9-12(13-5-1-2-6-14(13)20-16)8-15(18(24)25)21-17(23)11-4-3-7-19-10-11/h1-7,9-10,15H,8H2,(H,20,22)(H,21,23)(H,24,25). The van der Waals surface area contributed by atoms with Crippen molar-refractivity contribution < 1.29 is 14.7 Å². The first-order valence-electron chi connectivity index (χ1n) is 7.59. The van der Waals surface area contributed by atoms with Gasteiger partial charge in [0.25, 0.3) is 5.91 Å². The van der Waals surface area contributed by atoms with E-state index in [0.29, 0.717) is 11.1 Å². The molecule has 25 heavy (non-hydrogen) atoms. The maximum absolute atomic E-state index is 12.2. The smallest absolute Gasteiger partial charge is 0.326 e. The Bertz CT molecular complexity index is 982. The second-order valence-corrected chi connectivity index (χ2v) is 5.51. The summed E-state index contributed by atoms with van der Waals surface area (Å²) in [6.07, 6.45) is 2.87. The molecule has 126 valence electrons. The first-order valence-corrected chi connectivity index (χ1v) is 7.59. The number of rotatable bonds is 5. The lowest BCUT2D eigenvalue weighted by Crippen LogP contribution is -2.42. The Hall–Kier alpha value is -3.48. The average molecular weight is 337 g/mol. The lowest BCUT2D eigenvalue weighted by atomic mass is 10.0. The number of aromatic amines is 1. The van der Waals surface area contributed by atoms with Crippen LogP contribution in [0.4, 0.5) is 0 Å². The fourth-order valence-electron chi connectivity index (χ4n) is 2.60. The largest absolute Gasteiger partial charge is 0.480 e. The van der Waals surface area contributed by atoms with Crippen molar-refractivity contribution in [2.24, 2.45) is 0 Å². The minimum Gasteiger partial charge on any atom is -0.480 e. The molecule has 0 saturated carbocycles. The fourth-order valence-corrected chi connectivity index (χ4v) is 2.60. The van der Waals surface area contributed by atoms with E-state index < -0.39 is 17.9 Å². The van der Waals surface area contributed by atoms with Crippen molar-refractivity contribution in [3.05, 3.63) is 76.3 Å². The van der Waals surface area contributed by atoms with Gasteiger partial charge in [0.2, 0.25) is 5.56 Å². The highest BCUT2D eigenvalue weighted by atomic mass is 16.4. The molecule has 1 aromatic carbocycles. The van der Waals surface area contributed by atoms with Crippen molar-refractivity contribution in [2.75, 3.05) is 0 Å². The lowest BCUT2D eigenvalue weighted by molar-refractivity contribution is -0.139. The first-order chi connectivity index (χ1) is 12.0. The molecule has 0 saturated heterocycles. The number of hydrogen-bond acceptors (Lipinski definition) is 4. The van der Waals surface area contributed by atoms with Crippen LogP contribution in [0.2, 0.25) is 0 Å². The molecule has 0 aliphatic heterocycles. The molecule has 2 heterocycles. The van der Waals surface area contributed by atoms with Crippen molar-refractivity contribution in [1.29, 1.82) is 0 Å². The number of carbonyl (C=O) groups excluding carboxylic acids is 1. The van der Waals surface area contributed by atoms with Crippen LogP contribution in [0.1, 0.15) is 15.9 Å². The number of hydrogen-bond donors (Lipinski definition) is 3. The number of para-hydroxylation sites is 1. The molecule has 3 N–H and O–H groups in total. The average Bonchev–Trinajstić information content (AvgIpc) is 2.61. The summed E-state index contributed by atoms with van der Waals surface area (Å²) in [5.41, 5.74) is 1.12. The van der Waals surface area contributed by atoms with Crippen molar-refractivity contribution in [1.82, 2.24) is 15.3 Å². The molecule has 1 unspecified atom stereocenters. The molecule has 0 fully saturated rings. The maximum Gasteiger partial charge on any atom is 0.326 e. The zero-order valence-corrected chi connectivity index (χ0v) is 13.1. The van der Waals surface area contributed by atoms with Crippen LogP contribution in [0.3, 0.4) is 0 Å². The van der Waals surface area contributed by atoms with Crippen molar-refractivity contribution >= 4 is 22.8 Å². The molecule has 2 aromatic heterocycles. The summed E-state index contributed by atoms with van der Waals surface area (Å²) < 4.78 is 0. The number of carbonyl (C=O) groups is 2. The number of nitrogens with one attached hydrogen (secondary N) is 2. The van der Waals surface area contributed by atoms with Crippen LogP contribution in [0, 0.1) is 0 Å². The Balaban J connectivity index is 1.89. The number of aliphatic carboxylic acids is 1.